The standard InChI is InChI=1S/C30H26N4O2S2/c1-18(2)24-15-23-25(16-36-24)38-28-26(23)27(35)33(21-12-4-3-5-13-21)29-31-32-30(34(28)29)37-17-20-11-8-10-19-9-6-7-14-22(19)20/h3-14,18,24H,15-17H2,1-2H3/t24-/m0/s1. The van der Waals surface area contributed by atoms with Crippen molar-refractivity contribution in [1.29, 1.82) is 0 Å². The smallest absolute Gasteiger partial charge is 0.268 e. The molecule has 6 nitrogen and oxygen atoms in total. The van der Waals surface area contributed by atoms with Crippen molar-refractivity contribution in [3.05, 3.63) is 99.2 Å². The number of thioether (sulfide) groups is 1. The van der Waals surface area contributed by atoms with Crippen LogP contribution >= 0.6 is 23.1 Å². The molecule has 190 valence electrons. The van der Waals surface area contributed by atoms with E-state index in [4.69, 9.17) is 4.74 Å². The van der Waals surface area contributed by atoms with Crippen LogP contribution in [0.1, 0.15) is 29.9 Å². The third-order valence-electron chi connectivity index (χ3n) is 7.34. The molecule has 4 heterocycles. The second-order valence-electron chi connectivity index (χ2n) is 10.0. The summed E-state index contributed by atoms with van der Waals surface area (Å²) in [6.07, 6.45) is 0.838. The predicted molar refractivity (Wildman–Crippen MR) is 155 cm³/mol. The maximum atomic E-state index is 14.1. The Kier molecular flexibility index (Phi) is 5.83. The zero-order valence-electron chi connectivity index (χ0n) is 21.1. The summed E-state index contributed by atoms with van der Waals surface area (Å²) in [5, 5.41) is 13.2. The second-order valence-corrected chi connectivity index (χ2v) is 12.0. The molecule has 1 aliphatic heterocycles. The fourth-order valence-electron chi connectivity index (χ4n) is 5.33. The molecular weight excluding hydrogens is 512 g/mol. The lowest BCUT2D eigenvalue weighted by molar-refractivity contribution is 0.00200. The number of para-hydroxylation sites is 1. The van der Waals surface area contributed by atoms with E-state index in [0.29, 0.717) is 18.3 Å². The van der Waals surface area contributed by atoms with Crippen molar-refractivity contribution < 1.29 is 4.74 Å². The van der Waals surface area contributed by atoms with E-state index in [1.54, 1.807) is 27.7 Å². The maximum Gasteiger partial charge on any atom is 0.268 e. The molecular formula is C30H26N4O2S2. The van der Waals surface area contributed by atoms with Gasteiger partial charge in [-0.25, -0.2) is 8.97 Å². The monoisotopic (exact) mass is 538 g/mol. The molecule has 0 bridgehead atoms. The van der Waals surface area contributed by atoms with Crippen LogP contribution in [-0.4, -0.2) is 25.3 Å². The number of rotatable bonds is 5. The van der Waals surface area contributed by atoms with Crippen molar-refractivity contribution in [1.82, 2.24) is 19.2 Å². The average molecular weight is 539 g/mol. The summed E-state index contributed by atoms with van der Waals surface area (Å²) in [6.45, 7) is 4.88. The molecule has 1 aliphatic rings. The molecule has 1 atom stereocenters. The Bertz CT molecular complexity index is 1870. The fraction of sp³-hybridized carbons (Fsp3) is 0.233. The Morgan fingerprint density at radius 2 is 1.82 bits per heavy atom. The average Bonchev–Trinajstić information content (AvgIpc) is 3.54. The van der Waals surface area contributed by atoms with E-state index in [0.717, 1.165) is 43.7 Å². The van der Waals surface area contributed by atoms with Gasteiger partial charge in [-0.05, 0) is 39.9 Å². The number of hydrogen-bond donors (Lipinski definition) is 0. The third-order valence-corrected chi connectivity index (χ3v) is 9.51. The number of nitrogens with zero attached hydrogens (tertiary/aromatic N) is 4. The number of benzene rings is 3. The first-order valence-corrected chi connectivity index (χ1v) is 14.6. The summed E-state index contributed by atoms with van der Waals surface area (Å²) in [4.78, 5) is 16.2. The van der Waals surface area contributed by atoms with Crippen molar-refractivity contribution in [3.63, 3.8) is 0 Å². The Labute approximate surface area is 227 Å². The Balaban J connectivity index is 1.43. The van der Waals surface area contributed by atoms with Crippen LogP contribution in [0.4, 0.5) is 0 Å². The SMILES string of the molecule is CC(C)[C@@H]1Cc2c(sc3c2c(=O)n(-c2ccccc2)c2nnc(SCc4cccc5ccccc45)n32)CO1. The minimum Gasteiger partial charge on any atom is -0.372 e. The van der Waals surface area contributed by atoms with Gasteiger partial charge in [0, 0.05) is 17.1 Å². The highest BCUT2D eigenvalue weighted by molar-refractivity contribution is 7.98. The van der Waals surface area contributed by atoms with Crippen molar-refractivity contribution in [2.45, 2.75) is 43.9 Å². The van der Waals surface area contributed by atoms with Gasteiger partial charge in [-0.15, -0.1) is 21.5 Å². The van der Waals surface area contributed by atoms with E-state index >= 15 is 0 Å². The molecule has 3 aromatic carbocycles. The van der Waals surface area contributed by atoms with Gasteiger partial charge in [-0.3, -0.25) is 4.79 Å². The summed E-state index contributed by atoms with van der Waals surface area (Å²) in [7, 11) is 0. The third kappa shape index (κ3) is 3.78. The number of aromatic nitrogens is 4. The van der Waals surface area contributed by atoms with Crippen LogP contribution in [0.3, 0.4) is 0 Å². The van der Waals surface area contributed by atoms with E-state index < -0.39 is 0 Å². The Morgan fingerprint density at radius 3 is 2.66 bits per heavy atom. The molecule has 0 saturated heterocycles. The number of fused-ring (bicyclic) bond motifs is 6. The lowest BCUT2D eigenvalue weighted by atomic mass is 9.96. The fourth-order valence-corrected chi connectivity index (χ4v) is 7.57. The summed E-state index contributed by atoms with van der Waals surface area (Å²) in [6, 6.07) is 24.6. The molecule has 0 spiro atoms. The number of thiophene rings is 1. The summed E-state index contributed by atoms with van der Waals surface area (Å²) in [5.41, 5.74) is 3.11. The molecule has 38 heavy (non-hydrogen) atoms. The van der Waals surface area contributed by atoms with Gasteiger partial charge < -0.3 is 4.74 Å². The molecule has 0 fully saturated rings. The molecule has 0 radical (unpaired) electrons. The summed E-state index contributed by atoms with van der Waals surface area (Å²) >= 11 is 3.29. The van der Waals surface area contributed by atoms with Crippen LogP contribution in [-0.2, 0) is 23.5 Å². The van der Waals surface area contributed by atoms with Gasteiger partial charge in [0.2, 0.25) is 5.78 Å². The normalized spacial score (nSPS) is 15.6. The highest BCUT2D eigenvalue weighted by Gasteiger charge is 2.30. The van der Waals surface area contributed by atoms with Gasteiger partial charge in [0.25, 0.3) is 5.56 Å². The second kappa shape index (κ2) is 9.38. The van der Waals surface area contributed by atoms with E-state index in [2.05, 4.69) is 70.9 Å². The maximum absolute atomic E-state index is 14.1. The van der Waals surface area contributed by atoms with Crippen molar-refractivity contribution >= 4 is 49.9 Å². The van der Waals surface area contributed by atoms with Gasteiger partial charge in [-0.2, -0.15) is 0 Å². The molecule has 7 rings (SSSR count). The van der Waals surface area contributed by atoms with Crippen LogP contribution < -0.4 is 5.56 Å². The highest BCUT2D eigenvalue weighted by Crippen LogP contribution is 2.38. The van der Waals surface area contributed by atoms with Gasteiger partial charge in [0.05, 0.1) is 23.8 Å². The molecule has 6 aromatic rings. The Morgan fingerprint density at radius 1 is 1.03 bits per heavy atom. The number of ether oxygens (including phenoxy) is 1. The van der Waals surface area contributed by atoms with E-state index in [9.17, 15) is 4.79 Å². The molecule has 3 aromatic heterocycles. The largest absolute Gasteiger partial charge is 0.372 e. The Hall–Kier alpha value is -3.46. The van der Waals surface area contributed by atoms with Crippen LogP contribution in [0.25, 0.3) is 32.5 Å². The molecule has 8 heteroatoms. The van der Waals surface area contributed by atoms with Crippen molar-refractivity contribution in [3.8, 4) is 5.69 Å². The quantitative estimate of drug-likeness (QED) is 0.230. The molecule has 0 aliphatic carbocycles. The molecule has 0 amide bonds. The van der Waals surface area contributed by atoms with Crippen molar-refractivity contribution in [2.24, 2.45) is 5.92 Å². The summed E-state index contributed by atoms with van der Waals surface area (Å²) < 4.78 is 9.96. The van der Waals surface area contributed by atoms with Gasteiger partial charge in [-0.1, -0.05) is 86.3 Å². The zero-order valence-corrected chi connectivity index (χ0v) is 22.8. The van der Waals surface area contributed by atoms with Crippen molar-refractivity contribution in [2.75, 3.05) is 0 Å². The first-order chi connectivity index (χ1) is 18.6. The van der Waals surface area contributed by atoms with Crippen LogP contribution in [0.15, 0.2) is 82.7 Å². The number of hydrogen-bond acceptors (Lipinski definition) is 6. The van der Waals surface area contributed by atoms with Crippen LogP contribution in [0.2, 0.25) is 0 Å². The van der Waals surface area contributed by atoms with E-state index in [1.807, 2.05) is 30.3 Å². The van der Waals surface area contributed by atoms with Crippen LogP contribution in [0, 0.1) is 5.92 Å². The summed E-state index contributed by atoms with van der Waals surface area (Å²) in [5.74, 6) is 1.66. The first kappa shape index (κ1) is 23.6. The van der Waals surface area contributed by atoms with E-state index in [1.165, 1.54) is 16.3 Å². The van der Waals surface area contributed by atoms with Gasteiger partial charge in [0.15, 0.2) is 5.16 Å². The lowest BCUT2D eigenvalue weighted by Crippen LogP contribution is -2.28. The lowest BCUT2D eigenvalue weighted by Gasteiger charge is -2.26. The van der Waals surface area contributed by atoms with E-state index in [-0.39, 0.29) is 11.7 Å². The first-order valence-electron chi connectivity index (χ1n) is 12.8. The minimum atomic E-state index is -0.0430. The minimum absolute atomic E-state index is 0.0430. The molecule has 0 unspecified atom stereocenters. The topological polar surface area (TPSA) is 61.4 Å². The van der Waals surface area contributed by atoms with Gasteiger partial charge >= 0.3 is 0 Å². The molecule has 0 saturated carbocycles. The highest BCUT2D eigenvalue weighted by atomic mass is 32.2. The molecule has 0 N–H and O–H groups in total. The zero-order chi connectivity index (χ0) is 25.8. The predicted octanol–water partition coefficient (Wildman–Crippen LogP) is 6.64. The van der Waals surface area contributed by atoms with Gasteiger partial charge in [0.1, 0.15) is 4.83 Å². The van der Waals surface area contributed by atoms with Crippen LogP contribution in [0.5, 0.6) is 0 Å².